The molecule has 0 aliphatic carbocycles. The fourth-order valence-corrected chi connectivity index (χ4v) is 2.03. The van der Waals surface area contributed by atoms with Crippen molar-refractivity contribution in [2.75, 3.05) is 12.4 Å². The molecule has 1 amide bonds. The van der Waals surface area contributed by atoms with E-state index < -0.39 is 18.0 Å². The number of carbonyl (C=O) groups is 2. The number of hydrogen-bond acceptors (Lipinski definition) is 4. The fraction of sp³-hybridized carbons (Fsp3) is 0.176. The van der Waals surface area contributed by atoms with Gasteiger partial charge in [0, 0.05) is 10.7 Å². The van der Waals surface area contributed by atoms with Crippen molar-refractivity contribution in [2.24, 2.45) is 0 Å². The monoisotopic (exact) mass is 333 g/mol. The van der Waals surface area contributed by atoms with Gasteiger partial charge in [0.1, 0.15) is 5.75 Å². The first-order chi connectivity index (χ1) is 11.0. The smallest absolute Gasteiger partial charge is 0.339 e. The molecule has 0 fully saturated rings. The highest BCUT2D eigenvalue weighted by molar-refractivity contribution is 6.30. The third-order valence-corrected chi connectivity index (χ3v) is 3.29. The summed E-state index contributed by atoms with van der Waals surface area (Å²) < 4.78 is 10.2. The number of carbonyl (C=O) groups excluding carboxylic acids is 2. The third kappa shape index (κ3) is 4.72. The standard InChI is InChI=1S/C17H16ClNO4/c1-11(16(20)19-14-7-4-6-13(18)10-14)23-17(21)12-5-3-8-15(9-12)22-2/h3-11H,1-2H3,(H,19,20). The predicted molar refractivity (Wildman–Crippen MR) is 88.0 cm³/mol. The number of hydrogen-bond donors (Lipinski definition) is 1. The topological polar surface area (TPSA) is 64.6 Å². The molecule has 23 heavy (non-hydrogen) atoms. The Morgan fingerprint density at radius 3 is 2.57 bits per heavy atom. The summed E-state index contributed by atoms with van der Waals surface area (Å²) in [5, 5.41) is 3.14. The second-order valence-electron chi connectivity index (χ2n) is 4.78. The highest BCUT2D eigenvalue weighted by Gasteiger charge is 2.19. The summed E-state index contributed by atoms with van der Waals surface area (Å²) >= 11 is 5.85. The molecule has 0 aliphatic rings. The van der Waals surface area contributed by atoms with Gasteiger partial charge in [-0.15, -0.1) is 0 Å². The van der Waals surface area contributed by atoms with Gasteiger partial charge in [-0.3, -0.25) is 4.79 Å². The van der Waals surface area contributed by atoms with Gasteiger partial charge in [0.05, 0.1) is 12.7 Å². The molecule has 1 N–H and O–H groups in total. The maximum atomic E-state index is 12.1. The van der Waals surface area contributed by atoms with Crippen LogP contribution >= 0.6 is 11.6 Å². The second kappa shape index (κ2) is 7.65. The average molecular weight is 334 g/mol. The van der Waals surface area contributed by atoms with Gasteiger partial charge in [0.2, 0.25) is 0 Å². The first kappa shape index (κ1) is 16.8. The van der Waals surface area contributed by atoms with Crippen molar-refractivity contribution in [3.8, 4) is 5.75 Å². The van der Waals surface area contributed by atoms with Crippen LogP contribution in [0.1, 0.15) is 17.3 Å². The highest BCUT2D eigenvalue weighted by atomic mass is 35.5. The van der Waals surface area contributed by atoms with Crippen LogP contribution in [-0.4, -0.2) is 25.1 Å². The summed E-state index contributed by atoms with van der Waals surface area (Å²) in [6.07, 6.45) is -0.951. The van der Waals surface area contributed by atoms with E-state index in [1.807, 2.05) is 0 Å². The summed E-state index contributed by atoms with van der Waals surface area (Å²) in [5.74, 6) is -0.503. The number of methoxy groups -OCH3 is 1. The molecule has 120 valence electrons. The van der Waals surface area contributed by atoms with Crippen LogP contribution in [0.4, 0.5) is 5.69 Å². The van der Waals surface area contributed by atoms with Gasteiger partial charge in [-0.05, 0) is 43.3 Å². The van der Waals surface area contributed by atoms with E-state index in [4.69, 9.17) is 21.1 Å². The Kier molecular flexibility index (Phi) is 5.60. The van der Waals surface area contributed by atoms with Crippen molar-refractivity contribution in [3.63, 3.8) is 0 Å². The van der Waals surface area contributed by atoms with Crippen LogP contribution in [0.2, 0.25) is 5.02 Å². The largest absolute Gasteiger partial charge is 0.497 e. The van der Waals surface area contributed by atoms with Gasteiger partial charge in [-0.25, -0.2) is 4.79 Å². The minimum absolute atomic E-state index is 0.312. The van der Waals surface area contributed by atoms with E-state index >= 15 is 0 Å². The molecule has 5 nitrogen and oxygen atoms in total. The van der Waals surface area contributed by atoms with E-state index in [0.717, 1.165) is 0 Å². The molecule has 2 aromatic carbocycles. The van der Waals surface area contributed by atoms with Crippen LogP contribution in [0.3, 0.4) is 0 Å². The molecule has 1 atom stereocenters. The van der Waals surface area contributed by atoms with Crippen molar-refractivity contribution in [1.29, 1.82) is 0 Å². The Morgan fingerprint density at radius 2 is 1.87 bits per heavy atom. The van der Waals surface area contributed by atoms with Gasteiger partial charge >= 0.3 is 5.97 Å². The lowest BCUT2D eigenvalue weighted by molar-refractivity contribution is -0.123. The van der Waals surface area contributed by atoms with E-state index in [1.54, 1.807) is 48.5 Å². The minimum Gasteiger partial charge on any atom is -0.497 e. The summed E-state index contributed by atoms with van der Waals surface area (Å²) in [6.45, 7) is 1.50. The molecule has 2 rings (SSSR count). The molecular weight excluding hydrogens is 318 g/mol. The maximum Gasteiger partial charge on any atom is 0.339 e. The first-order valence-corrected chi connectivity index (χ1v) is 7.29. The quantitative estimate of drug-likeness (QED) is 0.850. The maximum absolute atomic E-state index is 12.1. The normalized spacial score (nSPS) is 11.4. The number of nitrogens with one attached hydrogen (secondary N) is 1. The highest BCUT2D eigenvalue weighted by Crippen LogP contribution is 2.16. The molecular formula is C17H16ClNO4. The molecule has 0 aliphatic heterocycles. The molecule has 0 saturated carbocycles. The van der Waals surface area contributed by atoms with Crippen LogP contribution < -0.4 is 10.1 Å². The van der Waals surface area contributed by atoms with E-state index in [0.29, 0.717) is 22.0 Å². The Hall–Kier alpha value is -2.53. The zero-order valence-electron chi connectivity index (χ0n) is 12.7. The molecule has 1 unspecified atom stereocenters. The van der Waals surface area contributed by atoms with Crippen LogP contribution in [0.5, 0.6) is 5.75 Å². The fourth-order valence-electron chi connectivity index (χ4n) is 1.84. The Bertz CT molecular complexity index is 717. The van der Waals surface area contributed by atoms with Crippen molar-refractivity contribution in [2.45, 2.75) is 13.0 Å². The zero-order valence-corrected chi connectivity index (χ0v) is 13.5. The van der Waals surface area contributed by atoms with E-state index in [-0.39, 0.29) is 0 Å². The number of rotatable bonds is 5. The summed E-state index contributed by atoms with van der Waals surface area (Å²) in [5.41, 5.74) is 0.846. The molecule has 2 aromatic rings. The van der Waals surface area contributed by atoms with Crippen LogP contribution in [0.25, 0.3) is 0 Å². The Labute approximate surface area is 139 Å². The number of benzene rings is 2. The zero-order chi connectivity index (χ0) is 16.8. The molecule has 6 heteroatoms. The number of anilines is 1. The lowest BCUT2D eigenvalue weighted by Crippen LogP contribution is -2.30. The SMILES string of the molecule is COc1cccc(C(=O)OC(C)C(=O)Nc2cccc(Cl)c2)c1. The van der Waals surface area contributed by atoms with Gasteiger partial charge in [0.15, 0.2) is 6.10 Å². The summed E-state index contributed by atoms with van der Waals surface area (Å²) in [7, 11) is 1.51. The van der Waals surface area contributed by atoms with Gasteiger partial charge in [-0.2, -0.15) is 0 Å². The average Bonchev–Trinajstić information content (AvgIpc) is 2.54. The Morgan fingerprint density at radius 1 is 1.13 bits per heavy atom. The predicted octanol–water partition coefficient (Wildman–Crippen LogP) is 3.53. The molecule has 0 saturated heterocycles. The van der Waals surface area contributed by atoms with Crippen molar-refractivity contribution in [3.05, 3.63) is 59.1 Å². The summed E-state index contributed by atoms with van der Waals surface area (Å²) in [4.78, 5) is 24.1. The van der Waals surface area contributed by atoms with Gasteiger partial charge in [0.25, 0.3) is 5.91 Å². The molecule has 0 aromatic heterocycles. The van der Waals surface area contributed by atoms with E-state index in [9.17, 15) is 9.59 Å². The van der Waals surface area contributed by atoms with Crippen molar-refractivity contribution < 1.29 is 19.1 Å². The van der Waals surface area contributed by atoms with Gasteiger partial charge < -0.3 is 14.8 Å². The van der Waals surface area contributed by atoms with E-state index in [2.05, 4.69) is 5.32 Å². The number of esters is 1. The number of halogens is 1. The second-order valence-corrected chi connectivity index (χ2v) is 5.22. The van der Waals surface area contributed by atoms with Crippen molar-refractivity contribution in [1.82, 2.24) is 0 Å². The molecule has 0 radical (unpaired) electrons. The first-order valence-electron chi connectivity index (χ1n) is 6.91. The molecule has 0 bridgehead atoms. The van der Waals surface area contributed by atoms with E-state index in [1.165, 1.54) is 14.0 Å². The number of amides is 1. The number of ether oxygens (including phenoxy) is 2. The van der Waals surface area contributed by atoms with Crippen LogP contribution in [0.15, 0.2) is 48.5 Å². The van der Waals surface area contributed by atoms with Gasteiger partial charge in [-0.1, -0.05) is 23.7 Å². The Balaban J connectivity index is 1.98. The lowest BCUT2D eigenvalue weighted by Gasteiger charge is -2.14. The lowest BCUT2D eigenvalue weighted by atomic mass is 10.2. The van der Waals surface area contributed by atoms with Crippen molar-refractivity contribution >= 4 is 29.2 Å². The minimum atomic E-state index is -0.951. The van der Waals surface area contributed by atoms with Crippen LogP contribution in [0, 0.1) is 0 Å². The van der Waals surface area contributed by atoms with Crippen LogP contribution in [-0.2, 0) is 9.53 Å². The third-order valence-electron chi connectivity index (χ3n) is 3.05. The molecule has 0 heterocycles. The molecule has 0 spiro atoms. The summed E-state index contributed by atoms with van der Waals surface area (Å²) in [6, 6.07) is 13.2.